The molecule has 0 aliphatic rings. The zero-order valence-electron chi connectivity index (χ0n) is 11.2. The smallest absolute Gasteiger partial charge is 0.126 e. The molecule has 0 aliphatic heterocycles. The largest absolute Gasteiger partial charge is 0.304 e. The lowest BCUT2D eigenvalue weighted by molar-refractivity contribution is 0.492. The van der Waals surface area contributed by atoms with E-state index >= 15 is 0 Å². The molecule has 1 aromatic heterocycles. The van der Waals surface area contributed by atoms with Crippen LogP contribution >= 0.6 is 22.9 Å². The highest BCUT2D eigenvalue weighted by molar-refractivity contribution is 7.14. The zero-order valence-corrected chi connectivity index (χ0v) is 12.8. The van der Waals surface area contributed by atoms with Crippen LogP contribution in [0.15, 0.2) is 29.6 Å². The molecule has 0 bridgehead atoms. The Labute approximate surface area is 122 Å². The van der Waals surface area contributed by atoms with Crippen molar-refractivity contribution < 1.29 is 4.39 Å². The summed E-state index contributed by atoms with van der Waals surface area (Å²) in [6, 6.07) is 7.61. The van der Waals surface area contributed by atoms with E-state index < -0.39 is 0 Å². The quantitative estimate of drug-likeness (QED) is 0.811. The second-order valence-corrected chi connectivity index (χ2v) is 6.35. The number of hydrogen-bond donors (Lipinski definition) is 1. The maximum absolute atomic E-state index is 13.6. The van der Waals surface area contributed by atoms with Gasteiger partial charge in [0, 0.05) is 12.1 Å². The van der Waals surface area contributed by atoms with Crippen molar-refractivity contribution >= 4 is 22.9 Å². The molecule has 1 aromatic carbocycles. The van der Waals surface area contributed by atoms with Crippen LogP contribution in [0, 0.1) is 12.7 Å². The molecule has 1 heterocycles. The molecule has 0 fully saturated rings. The Morgan fingerprint density at radius 2 is 1.84 bits per heavy atom. The molecule has 19 heavy (non-hydrogen) atoms. The van der Waals surface area contributed by atoms with Crippen molar-refractivity contribution in [1.29, 1.82) is 0 Å². The maximum Gasteiger partial charge on any atom is 0.126 e. The molecule has 0 saturated carbocycles. The Balaban J connectivity index is 2.07. The predicted octanol–water partition coefficient (Wildman–Crippen LogP) is 5.26. The third kappa shape index (κ3) is 3.56. The first-order valence-corrected chi connectivity index (χ1v) is 7.49. The second-order valence-electron chi connectivity index (χ2n) is 4.80. The van der Waals surface area contributed by atoms with Gasteiger partial charge in [-0.25, -0.2) is 4.39 Å². The first-order valence-electron chi connectivity index (χ1n) is 6.23. The monoisotopic (exact) mass is 297 g/mol. The van der Waals surface area contributed by atoms with E-state index in [9.17, 15) is 4.39 Å². The van der Waals surface area contributed by atoms with Gasteiger partial charge in [0.15, 0.2) is 0 Å². The van der Waals surface area contributed by atoms with Crippen molar-refractivity contribution in [3.63, 3.8) is 0 Å². The Morgan fingerprint density at radius 1 is 1.16 bits per heavy atom. The van der Waals surface area contributed by atoms with E-state index in [0.717, 1.165) is 15.5 Å². The molecule has 1 nitrogen and oxygen atoms in total. The summed E-state index contributed by atoms with van der Waals surface area (Å²) >= 11 is 7.46. The number of nitrogens with one attached hydrogen (secondary N) is 1. The van der Waals surface area contributed by atoms with Crippen LogP contribution in [0.25, 0.3) is 0 Å². The fourth-order valence-corrected chi connectivity index (χ4v) is 2.98. The lowest BCUT2D eigenvalue weighted by Gasteiger charge is -2.20. The Morgan fingerprint density at radius 3 is 2.42 bits per heavy atom. The van der Waals surface area contributed by atoms with Gasteiger partial charge < -0.3 is 5.32 Å². The number of hydrogen-bond acceptors (Lipinski definition) is 2. The predicted molar refractivity (Wildman–Crippen MR) is 80.4 cm³/mol. The van der Waals surface area contributed by atoms with E-state index in [1.807, 2.05) is 30.5 Å². The molecule has 4 heteroatoms. The zero-order chi connectivity index (χ0) is 14.0. The average molecular weight is 298 g/mol. The third-order valence-corrected chi connectivity index (χ3v) is 4.39. The summed E-state index contributed by atoms with van der Waals surface area (Å²) in [5.41, 5.74) is 2.79. The topological polar surface area (TPSA) is 12.0 Å². The molecule has 0 radical (unpaired) electrons. The van der Waals surface area contributed by atoms with Gasteiger partial charge in [-0.2, -0.15) is 0 Å². The minimum atomic E-state index is -0.155. The van der Waals surface area contributed by atoms with E-state index in [4.69, 9.17) is 11.6 Å². The molecule has 1 N–H and O–H groups in total. The molecule has 2 unspecified atom stereocenters. The van der Waals surface area contributed by atoms with Crippen LogP contribution in [0.2, 0.25) is 4.34 Å². The lowest BCUT2D eigenvalue weighted by atomic mass is 10.0. The number of rotatable bonds is 4. The highest BCUT2D eigenvalue weighted by atomic mass is 35.5. The molecule has 2 aromatic rings. The fraction of sp³-hybridized carbons (Fsp3) is 0.333. The standard InChI is InChI=1S/C15H17ClFNS/c1-9-4-5-12(6-14(9)17)10(2)18-11(3)13-7-15(16)19-8-13/h4-8,10-11,18H,1-3H3. The molecule has 0 saturated heterocycles. The maximum atomic E-state index is 13.6. The van der Waals surface area contributed by atoms with Crippen LogP contribution in [0.5, 0.6) is 0 Å². The van der Waals surface area contributed by atoms with Crippen molar-refractivity contribution in [2.75, 3.05) is 0 Å². The summed E-state index contributed by atoms with van der Waals surface area (Å²) in [6.45, 7) is 5.89. The van der Waals surface area contributed by atoms with Crippen molar-refractivity contribution in [3.05, 3.63) is 56.5 Å². The number of aryl methyl sites for hydroxylation is 1. The summed E-state index contributed by atoms with van der Waals surface area (Å²) in [4.78, 5) is 0. The summed E-state index contributed by atoms with van der Waals surface area (Å²) in [6.07, 6.45) is 0. The highest BCUT2D eigenvalue weighted by Gasteiger charge is 2.13. The molecular weight excluding hydrogens is 281 g/mol. The minimum Gasteiger partial charge on any atom is -0.304 e. The summed E-state index contributed by atoms with van der Waals surface area (Å²) in [5, 5.41) is 5.50. The molecule has 0 aliphatic carbocycles. The summed E-state index contributed by atoms with van der Waals surface area (Å²) < 4.78 is 14.3. The van der Waals surface area contributed by atoms with Crippen molar-refractivity contribution in [2.45, 2.75) is 32.9 Å². The Hall–Kier alpha value is -0.900. The molecule has 0 amide bonds. The van der Waals surface area contributed by atoms with Crippen molar-refractivity contribution in [1.82, 2.24) is 5.32 Å². The normalized spacial score (nSPS) is 14.4. The van der Waals surface area contributed by atoms with Gasteiger partial charge >= 0.3 is 0 Å². The van der Waals surface area contributed by atoms with Gasteiger partial charge in [0.2, 0.25) is 0 Å². The van der Waals surface area contributed by atoms with E-state index in [1.165, 1.54) is 11.3 Å². The van der Waals surface area contributed by atoms with Gasteiger partial charge in [-0.1, -0.05) is 23.7 Å². The molecule has 0 spiro atoms. The van der Waals surface area contributed by atoms with E-state index in [-0.39, 0.29) is 17.9 Å². The van der Waals surface area contributed by atoms with Crippen LogP contribution in [-0.2, 0) is 0 Å². The van der Waals surface area contributed by atoms with Gasteiger partial charge in [0.25, 0.3) is 0 Å². The number of benzene rings is 1. The molecular formula is C15H17ClFNS. The first-order chi connectivity index (χ1) is 8.97. The van der Waals surface area contributed by atoms with Crippen LogP contribution < -0.4 is 5.32 Å². The molecule has 2 atom stereocenters. The van der Waals surface area contributed by atoms with Gasteiger partial charge in [0.05, 0.1) is 4.34 Å². The average Bonchev–Trinajstić information content (AvgIpc) is 2.79. The van der Waals surface area contributed by atoms with Crippen LogP contribution in [-0.4, -0.2) is 0 Å². The van der Waals surface area contributed by atoms with E-state index in [1.54, 1.807) is 13.0 Å². The Kier molecular flexibility index (Phi) is 4.61. The van der Waals surface area contributed by atoms with Gasteiger partial charge in [0.1, 0.15) is 5.82 Å². The van der Waals surface area contributed by atoms with Crippen molar-refractivity contribution in [2.24, 2.45) is 0 Å². The minimum absolute atomic E-state index is 0.0868. The van der Waals surface area contributed by atoms with Gasteiger partial charge in [-0.05, 0) is 55.0 Å². The van der Waals surface area contributed by atoms with Gasteiger partial charge in [-0.15, -0.1) is 11.3 Å². The highest BCUT2D eigenvalue weighted by Crippen LogP contribution is 2.27. The third-order valence-electron chi connectivity index (χ3n) is 3.28. The number of halogens is 2. The lowest BCUT2D eigenvalue weighted by Crippen LogP contribution is -2.22. The van der Waals surface area contributed by atoms with Gasteiger partial charge in [-0.3, -0.25) is 0 Å². The van der Waals surface area contributed by atoms with Crippen LogP contribution in [0.4, 0.5) is 4.39 Å². The second kappa shape index (κ2) is 6.04. The molecule has 102 valence electrons. The molecule has 2 rings (SSSR count). The van der Waals surface area contributed by atoms with Crippen LogP contribution in [0.3, 0.4) is 0 Å². The number of thiophene rings is 1. The van der Waals surface area contributed by atoms with Crippen LogP contribution in [0.1, 0.15) is 42.6 Å². The fourth-order valence-electron chi connectivity index (χ4n) is 2.00. The Bertz CT molecular complexity index is 567. The summed E-state index contributed by atoms with van der Waals surface area (Å²) in [7, 11) is 0. The van der Waals surface area contributed by atoms with Crippen molar-refractivity contribution in [3.8, 4) is 0 Å². The first kappa shape index (κ1) is 14.5. The summed E-state index contributed by atoms with van der Waals surface area (Å²) in [5.74, 6) is -0.155. The van der Waals surface area contributed by atoms with E-state index in [2.05, 4.69) is 12.2 Å². The SMILES string of the molecule is Cc1ccc(C(C)NC(C)c2csc(Cl)c2)cc1F. The van der Waals surface area contributed by atoms with E-state index in [0.29, 0.717) is 5.56 Å².